The number of halogens is 2. The van der Waals surface area contributed by atoms with Crippen LogP contribution in [0.2, 0.25) is 0 Å². The van der Waals surface area contributed by atoms with Crippen LogP contribution in [0.25, 0.3) is 11.1 Å². The number of carbonyl (C=O) groups is 2. The van der Waals surface area contributed by atoms with Gasteiger partial charge in [-0.15, -0.1) is 0 Å². The summed E-state index contributed by atoms with van der Waals surface area (Å²) in [5, 5.41) is 9.24. The average Bonchev–Trinajstić information content (AvgIpc) is 2.88. The number of hydrogen-bond acceptors (Lipinski definition) is 4. The van der Waals surface area contributed by atoms with Crippen LogP contribution in [0.3, 0.4) is 0 Å². The molecular weight excluding hydrogens is 480 g/mol. The summed E-state index contributed by atoms with van der Waals surface area (Å²) in [5.74, 6) is -0.787. The topological polar surface area (TPSA) is 76.1 Å². The number of carboxylic acid groups (broad SMARTS) is 1. The van der Waals surface area contributed by atoms with Gasteiger partial charge in [0, 0.05) is 31.1 Å². The first kappa shape index (κ1) is 24.7. The minimum atomic E-state index is -0.952. The Kier molecular flexibility index (Phi) is 6.82. The van der Waals surface area contributed by atoms with Gasteiger partial charge >= 0.3 is 5.97 Å². The lowest BCUT2D eigenvalue weighted by atomic mass is 9.87. The van der Waals surface area contributed by atoms with E-state index in [0.29, 0.717) is 65.3 Å². The van der Waals surface area contributed by atoms with Gasteiger partial charge in [-0.05, 0) is 70.8 Å². The minimum absolute atomic E-state index is 0.0605. The molecule has 0 radical (unpaired) electrons. The van der Waals surface area contributed by atoms with Gasteiger partial charge in [-0.1, -0.05) is 18.2 Å². The number of benzene rings is 3. The quantitative estimate of drug-likeness (QED) is 0.502. The lowest BCUT2D eigenvalue weighted by molar-refractivity contribution is -0.136. The van der Waals surface area contributed by atoms with Gasteiger partial charge in [0.15, 0.2) is 0 Å². The van der Waals surface area contributed by atoms with Gasteiger partial charge in [-0.25, -0.2) is 8.78 Å². The summed E-state index contributed by atoms with van der Waals surface area (Å²) in [4.78, 5) is 26.4. The summed E-state index contributed by atoms with van der Waals surface area (Å²) in [6.45, 7) is 1.04. The largest absolute Gasteiger partial charge is 0.496 e. The Labute approximate surface area is 213 Å². The van der Waals surface area contributed by atoms with Crippen LogP contribution in [0.4, 0.5) is 8.78 Å². The Morgan fingerprint density at radius 1 is 1.08 bits per heavy atom. The van der Waals surface area contributed by atoms with Crippen molar-refractivity contribution in [3.8, 4) is 22.6 Å². The number of carbonyl (C=O) groups excluding carboxylic acids is 1. The fraction of sp³-hybridized carbons (Fsp3) is 0.310. The van der Waals surface area contributed by atoms with E-state index >= 15 is 0 Å². The van der Waals surface area contributed by atoms with E-state index in [1.165, 1.54) is 25.3 Å². The summed E-state index contributed by atoms with van der Waals surface area (Å²) in [5.41, 5.74) is 4.04. The van der Waals surface area contributed by atoms with Crippen molar-refractivity contribution in [1.82, 2.24) is 4.90 Å². The number of amides is 1. The van der Waals surface area contributed by atoms with Crippen molar-refractivity contribution >= 4 is 11.9 Å². The highest BCUT2D eigenvalue weighted by Crippen LogP contribution is 2.39. The second kappa shape index (κ2) is 10.2. The van der Waals surface area contributed by atoms with Crippen molar-refractivity contribution in [3.05, 3.63) is 82.4 Å². The molecule has 37 heavy (non-hydrogen) atoms. The van der Waals surface area contributed by atoms with Crippen LogP contribution in [-0.4, -0.2) is 42.1 Å². The molecule has 0 spiro atoms. The Hall–Kier alpha value is -3.94. The van der Waals surface area contributed by atoms with Crippen LogP contribution in [0, 0.1) is 11.6 Å². The average molecular weight is 508 g/mol. The van der Waals surface area contributed by atoms with Gasteiger partial charge in [0.25, 0.3) is 0 Å². The lowest BCUT2D eigenvalue weighted by Crippen LogP contribution is -2.37. The molecule has 5 rings (SSSR count). The van der Waals surface area contributed by atoms with Crippen molar-refractivity contribution < 1.29 is 33.0 Å². The maximum Gasteiger partial charge on any atom is 0.307 e. The van der Waals surface area contributed by atoms with Crippen LogP contribution in [0.5, 0.6) is 11.5 Å². The van der Waals surface area contributed by atoms with E-state index < -0.39 is 5.97 Å². The van der Waals surface area contributed by atoms with Crippen LogP contribution in [-0.2, 0) is 29.0 Å². The highest BCUT2D eigenvalue weighted by atomic mass is 19.1. The molecule has 0 saturated carbocycles. The van der Waals surface area contributed by atoms with Crippen molar-refractivity contribution in [2.45, 2.75) is 38.1 Å². The first-order valence-electron chi connectivity index (χ1n) is 12.2. The van der Waals surface area contributed by atoms with Gasteiger partial charge in [0.2, 0.25) is 5.91 Å². The molecule has 0 bridgehead atoms. The number of hydrogen-bond donors (Lipinski definition) is 1. The molecule has 2 aliphatic heterocycles. The number of rotatable bonds is 6. The Morgan fingerprint density at radius 3 is 2.70 bits per heavy atom. The number of aliphatic carboxylic acids is 1. The van der Waals surface area contributed by atoms with Gasteiger partial charge < -0.3 is 19.5 Å². The van der Waals surface area contributed by atoms with E-state index in [2.05, 4.69) is 0 Å². The zero-order valence-corrected chi connectivity index (χ0v) is 20.4. The first-order valence-corrected chi connectivity index (χ1v) is 12.2. The monoisotopic (exact) mass is 507 g/mol. The first-order chi connectivity index (χ1) is 17.8. The standard InChI is InChI=1S/C29H27F2NO5/c1-36-26-7-2-17(13-29(34)35)12-23(26)21-5-6-25(31)22-8-10-32(16-24(21)22)28(33)14-18-9-11-37-27-15-19(30)3-4-20(18)27/h2-7,12,15,18H,8-11,13-14,16H2,1H3,(H,34,35). The zero-order chi connectivity index (χ0) is 26.1. The van der Waals surface area contributed by atoms with Gasteiger partial charge in [-0.3, -0.25) is 9.59 Å². The maximum absolute atomic E-state index is 14.8. The molecular formula is C29H27F2NO5. The maximum atomic E-state index is 14.8. The predicted octanol–water partition coefficient (Wildman–Crippen LogP) is 5.11. The summed E-state index contributed by atoms with van der Waals surface area (Å²) in [6, 6.07) is 12.6. The fourth-order valence-electron chi connectivity index (χ4n) is 5.34. The molecule has 1 atom stereocenters. The molecule has 8 heteroatoms. The molecule has 0 aliphatic carbocycles. The van der Waals surface area contributed by atoms with E-state index in [4.69, 9.17) is 9.47 Å². The molecule has 0 aromatic heterocycles. The molecule has 1 amide bonds. The van der Waals surface area contributed by atoms with Crippen LogP contribution < -0.4 is 9.47 Å². The van der Waals surface area contributed by atoms with Gasteiger partial charge in [-0.2, -0.15) is 0 Å². The van der Waals surface area contributed by atoms with Crippen LogP contribution in [0.1, 0.15) is 41.0 Å². The summed E-state index contributed by atoms with van der Waals surface area (Å²) in [6.07, 6.45) is 1.12. The lowest BCUT2D eigenvalue weighted by Gasteiger charge is -2.33. The highest BCUT2D eigenvalue weighted by Gasteiger charge is 2.30. The third-order valence-electron chi connectivity index (χ3n) is 7.18. The molecule has 2 heterocycles. The Bertz CT molecular complexity index is 1370. The minimum Gasteiger partial charge on any atom is -0.496 e. The third-order valence-corrected chi connectivity index (χ3v) is 7.18. The van der Waals surface area contributed by atoms with Crippen LogP contribution in [0.15, 0.2) is 48.5 Å². The Balaban J connectivity index is 1.44. The summed E-state index contributed by atoms with van der Waals surface area (Å²) in [7, 11) is 1.53. The number of fused-ring (bicyclic) bond motifs is 2. The SMILES string of the molecule is COc1ccc(CC(=O)O)cc1-c1ccc(F)c2c1CN(C(=O)CC1CCOc3cc(F)ccc31)CC2. The number of ether oxygens (including phenoxy) is 2. The van der Waals surface area contributed by atoms with Crippen molar-refractivity contribution in [3.63, 3.8) is 0 Å². The molecule has 3 aromatic carbocycles. The van der Waals surface area contributed by atoms with Gasteiger partial charge in [0.05, 0.1) is 20.1 Å². The predicted molar refractivity (Wildman–Crippen MR) is 133 cm³/mol. The molecule has 1 N–H and O–H groups in total. The number of methoxy groups -OCH3 is 1. The number of carboxylic acids is 1. The van der Waals surface area contributed by atoms with Crippen LogP contribution >= 0.6 is 0 Å². The van der Waals surface area contributed by atoms with E-state index in [-0.39, 0.29) is 42.8 Å². The highest BCUT2D eigenvalue weighted by molar-refractivity contribution is 5.80. The van der Waals surface area contributed by atoms with E-state index in [9.17, 15) is 23.5 Å². The summed E-state index contributed by atoms with van der Waals surface area (Å²) < 4.78 is 39.6. The van der Waals surface area contributed by atoms with Crippen molar-refractivity contribution in [1.29, 1.82) is 0 Å². The number of nitrogens with zero attached hydrogens (tertiary/aromatic N) is 1. The third kappa shape index (κ3) is 5.01. The van der Waals surface area contributed by atoms with E-state index in [1.54, 1.807) is 35.2 Å². The summed E-state index contributed by atoms with van der Waals surface area (Å²) >= 11 is 0. The van der Waals surface area contributed by atoms with Gasteiger partial charge in [0.1, 0.15) is 23.1 Å². The Morgan fingerprint density at radius 2 is 1.92 bits per heavy atom. The molecule has 0 fully saturated rings. The van der Waals surface area contributed by atoms with Crippen molar-refractivity contribution in [2.24, 2.45) is 0 Å². The van der Waals surface area contributed by atoms with E-state index in [1.807, 2.05) is 0 Å². The second-order valence-corrected chi connectivity index (χ2v) is 9.44. The second-order valence-electron chi connectivity index (χ2n) is 9.44. The van der Waals surface area contributed by atoms with E-state index in [0.717, 1.165) is 5.56 Å². The molecule has 2 aliphatic rings. The van der Waals surface area contributed by atoms with Crippen molar-refractivity contribution in [2.75, 3.05) is 20.3 Å². The smallest absolute Gasteiger partial charge is 0.307 e. The zero-order valence-electron chi connectivity index (χ0n) is 20.4. The molecule has 1 unspecified atom stereocenters. The molecule has 3 aromatic rings. The molecule has 192 valence electrons. The fourth-order valence-corrected chi connectivity index (χ4v) is 5.34. The normalized spacial score (nSPS) is 16.4. The molecule has 0 saturated heterocycles. The molecule has 6 nitrogen and oxygen atoms in total.